The third-order valence-electron chi connectivity index (χ3n) is 0.368. The molecule has 9 heavy (non-hydrogen) atoms. The molecular formula is C4H4NaO4+. The van der Waals surface area contributed by atoms with E-state index in [1.54, 1.807) is 0 Å². The van der Waals surface area contributed by atoms with Crippen LogP contribution in [0.3, 0.4) is 0 Å². The summed E-state index contributed by atoms with van der Waals surface area (Å²) in [5, 5.41) is 15.6. The first kappa shape index (κ1) is 11.5. The van der Waals surface area contributed by atoms with Gasteiger partial charge in [-0.1, -0.05) is 0 Å². The maximum Gasteiger partial charge on any atom is 1.00 e. The van der Waals surface area contributed by atoms with Gasteiger partial charge in [0.25, 0.3) is 0 Å². The number of hydrogen-bond acceptors (Lipinski definition) is 2. The van der Waals surface area contributed by atoms with Crippen LogP contribution in [0.15, 0.2) is 12.2 Å². The molecule has 0 aromatic rings. The summed E-state index contributed by atoms with van der Waals surface area (Å²) in [5.74, 6) is -2.51. The zero-order valence-electron chi connectivity index (χ0n) is 4.87. The van der Waals surface area contributed by atoms with Gasteiger partial charge in [-0.3, -0.25) is 0 Å². The summed E-state index contributed by atoms with van der Waals surface area (Å²) in [5.41, 5.74) is 0. The molecule has 0 aromatic carbocycles. The van der Waals surface area contributed by atoms with Crippen LogP contribution >= 0.6 is 0 Å². The summed E-state index contributed by atoms with van der Waals surface area (Å²) in [6.45, 7) is 0. The molecule has 0 radical (unpaired) electrons. The topological polar surface area (TPSA) is 74.6 Å². The van der Waals surface area contributed by atoms with E-state index in [4.69, 9.17) is 10.2 Å². The van der Waals surface area contributed by atoms with Crippen LogP contribution in [0.2, 0.25) is 0 Å². The van der Waals surface area contributed by atoms with Gasteiger partial charge in [0.05, 0.1) is 0 Å². The second kappa shape index (κ2) is 5.81. The first-order chi connectivity index (χ1) is 3.63. The average molecular weight is 139 g/mol. The van der Waals surface area contributed by atoms with Crippen LogP contribution in [0.4, 0.5) is 0 Å². The number of aliphatic carboxylic acids is 2. The Kier molecular flexibility index (Phi) is 7.41. The Labute approximate surface area is 73.5 Å². The number of carboxylic acids is 2. The Morgan fingerprint density at radius 3 is 1.33 bits per heavy atom. The molecule has 4 nitrogen and oxygen atoms in total. The maximum atomic E-state index is 9.55. The van der Waals surface area contributed by atoms with E-state index in [1.807, 2.05) is 0 Å². The van der Waals surface area contributed by atoms with E-state index in [0.29, 0.717) is 12.2 Å². The van der Waals surface area contributed by atoms with Gasteiger partial charge >= 0.3 is 41.5 Å². The van der Waals surface area contributed by atoms with E-state index < -0.39 is 11.9 Å². The van der Waals surface area contributed by atoms with Gasteiger partial charge in [0.2, 0.25) is 0 Å². The van der Waals surface area contributed by atoms with Gasteiger partial charge < -0.3 is 10.2 Å². The molecule has 0 saturated heterocycles. The molecule has 0 aliphatic rings. The minimum absolute atomic E-state index is 0. The van der Waals surface area contributed by atoms with E-state index >= 15 is 0 Å². The first-order valence-corrected chi connectivity index (χ1v) is 1.77. The van der Waals surface area contributed by atoms with Crippen molar-refractivity contribution in [1.82, 2.24) is 0 Å². The van der Waals surface area contributed by atoms with Gasteiger partial charge in [-0.05, 0) is 0 Å². The third-order valence-corrected chi connectivity index (χ3v) is 0.368. The molecule has 0 rings (SSSR count). The molecule has 0 unspecified atom stereocenters. The molecule has 44 valence electrons. The summed E-state index contributed by atoms with van der Waals surface area (Å²) in [7, 11) is 0. The van der Waals surface area contributed by atoms with Crippen LogP contribution in [0.5, 0.6) is 0 Å². The first-order valence-electron chi connectivity index (χ1n) is 1.77. The zero-order valence-corrected chi connectivity index (χ0v) is 6.87. The Balaban J connectivity index is 0. The molecule has 0 saturated carbocycles. The van der Waals surface area contributed by atoms with E-state index in [0.717, 1.165) is 0 Å². The van der Waals surface area contributed by atoms with Crippen molar-refractivity contribution in [3.8, 4) is 0 Å². The second-order valence-corrected chi connectivity index (χ2v) is 1.01. The van der Waals surface area contributed by atoms with Gasteiger partial charge in [0, 0.05) is 12.2 Å². The zero-order chi connectivity index (χ0) is 6.57. The molecular weight excluding hydrogens is 135 g/mol. The number of rotatable bonds is 2. The monoisotopic (exact) mass is 139 g/mol. The van der Waals surface area contributed by atoms with E-state index in [-0.39, 0.29) is 29.6 Å². The Morgan fingerprint density at radius 1 is 1.00 bits per heavy atom. The fraction of sp³-hybridized carbons (Fsp3) is 0. The molecule has 0 aliphatic carbocycles. The Bertz CT molecular complexity index is 124. The van der Waals surface area contributed by atoms with Crippen LogP contribution in [-0.4, -0.2) is 22.2 Å². The summed E-state index contributed by atoms with van der Waals surface area (Å²) in [6, 6.07) is 0. The van der Waals surface area contributed by atoms with Crippen molar-refractivity contribution in [2.75, 3.05) is 0 Å². The van der Waals surface area contributed by atoms with Gasteiger partial charge in [-0.25, -0.2) is 9.59 Å². The molecule has 2 N–H and O–H groups in total. The van der Waals surface area contributed by atoms with E-state index in [2.05, 4.69) is 0 Å². The molecule has 0 amide bonds. The molecule has 0 heterocycles. The Hall–Kier alpha value is -0.320. The van der Waals surface area contributed by atoms with Crippen LogP contribution in [0.1, 0.15) is 0 Å². The second-order valence-electron chi connectivity index (χ2n) is 1.01. The van der Waals surface area contributed by atoms with Crippen LogP contribution in [-0.2, 0) is 9.59 Å². The van der Waals surface area contributed by atoms with Gasteiger partial charge in [-0.15, -0.1) is 0 Å². The predicted molar refractivity (Wildman–Crippen MR) is 24.4 cm³/mol. The number of carboxylic acid groups (broad SMARTS) is 2. The van der Waals surface area contributed by atoms with Gasteiger partial charge in [0.1, 0.15) is 0 Å². The number of carbonyl (C=O) groups is 2. The van der Waals surface area contributed by atoms with Crippen molar-refractivity contribution in [3.63, 3.8) is 0 Å². The van der Waals surface area contributed by atoms with E-state index in [1.165, 1.54) is 0 Å². The minimum atomic E-state index is -1.26. The molecule has 0 atom stereocenters. The van der Waals surface area contributed by atoms with Crippen molar-refractivity contribution in [2.45, 2.75) is 0 Å². The fourth-order valence-corrected chi connectivity index (χ4v) is 0.143. The van der Waals surface area contributed by atoms with Crippen LogP contribution in [0, 0.1) is 0 Å². The van der Waals surface area contributed by atoms with Gasteiger partial charge in [0.15, 0.2) is 0 Å². The standard InChI is InChI=1S/C4H4O4.Na/c5-3(6)1-2-4(7)8;/h1-2H,(H,5,6)(H,7,8);/q;+1. The smallest absolute Gasteiger partial charge is 0.478 e. The number of hydrogen-bond donors (Lipinski definition) is 2. The summed E-state index contributed by atoms with van der Waals surface area (Å²) in [4.78, 5) is 19.1. The van der Waals surface area contributed by atoms with Gasteiger partial charge in [-0.2, -0.15) is 0 Å². The molecule has 0 aromatic heterocycles. The normalized spacial score (nSPS) is 8.44. The quantitative estimate of drug-likeness (QED) is 0.310. The summed E-state index contributed by atoms with van der Waals surface area (Å²) < 4.78 is 0. The average Bonchev–Trinajstić information content (AvgIpc) is 1.61. The summed E-state index contributed by atoms with van der Waals surface area (Å²) >= 11 is 0. The fourth-order valence-electron chi connectivity index (χ4n) is 0.143. The Morgan fingerprint density at radius 2 is 1.22 bits per heavy atom. The van der Waals surface area contributed by atoms with Crippen molar-refractivity contribution < 1.29 is 49.4 Å². The predicted octanol–water partition coefficient (Wildman–Crippen LogP) is -3.28. The van der Waals surface area contributed by atoms with Crippen LogP contribution in [0.25, 0.3) is 0 Å². The third kappa shape index (κ3) is 11.3. The van der Waals surface area contributed by atoms with Crippen molar-refractivity contribution in [1.29, 1.82) is 0 Å². The van der Waals surface area contributed by atoms with Crippen LogP contribution < -0.4 is 29.6 Å². The van der Waals surface area contributed by atoms with Crippen molar-refractivity contribution >= 4 is 11.9 Å². The molecule has 0 fully saturated rings. The minimum Gasteiger partial charge on any atom is -0.478 e. The van der Waals surface area contributed by atoms with Crippen molar-refractivity contribution in [3.05, 3.63) is 12.2 Å². The SMILES string of the molecule is O=C(O)C=CC(=O)O.[Na+]. The molecule has 5 heteroatoms. The summed E-state index contributed by atoms with van der Waals surface area (Å²) in [6.07, 6.45) is 1.12. The molecule has 0 aliphatic heterocycles. The van der Waals surface area contributed by atoms with Crippen molar-refractivity contribution in [2.24, 2.45) is 0 Å². The van der Waals surface area contributed by atoms with E-state index in [9.17, 15) is 9.59 Å². The largest absolute Gasteiger partial charge is 1.00 e. The maximum absolute atomic E-state index is 9.55. The molecule has 0 spiro atoms. The molecule has 0 bridgehead atoms.